The van der Waals surface area contributed by atoms with E-state index in [2.05, 4.69) is 9.97 Å². The van der Waals surface area contributed by atoms with Gasteiger partial charge in [0.25, 0.3) is 0 Å². The van der Waals surface area contributed by atoms with Gasteiger partial charge >= 0.3 is 0 Å². The molecule has 0 saturated carbocycles. The largest absolute Gasteiger partial charge is 0.481 e. The second-order valence-corrected chi connectivity index (χ2v) is 3.58. The van der Waals surface area contributed by atoms with Crippen LogP contribution in [0.1, 0.15) is 0 Å². The van der Waals surface area contributed by atoms with E-state index in [1.54, 1.807) is 25.4 Å². The van der Waals surface area contributed by atoms with E-state index in [0.29, 0.717) is 16.7 Å². The van der Waals surface area contributed by atoms with Gasteiger partial charge in [-0.3, -0.25) is 0 Å². The molecule has 0 unspecified atom stereocenters. The minimum atomic E-state index is 0.399. The van der Waals surface area contributed by atoms with Crippen LogP contribution in [0, 0.1) is 0 Å². The fraction of sp³-hybridized carbons (Fsp3) is 0.0909. The third-order valence-electron chi connectivity index (χ3n) is 2.14. The molecule has 0 atom stereocenters. The first-order valence-corrected chi connectivity index (χ1v) is 5.00. The Bertz CT molecular complexity index is 516. The van der Waals surface area contributed by atoms with Crippen molar-refractivity contribution in [3.05, 3.63) is 35.6 Å². The van der Waals surface area contributed by atoms with Crippen LogP contribution in [0.2, 0.25) is 5.02 Å². The van der Waals surface area contributed by atoms with Crippen LogP contribution in [0.25, 0.3) is 11.1 Å². The van der Waals surface area contributed by atoms with Crippen LogP contribution in [-0.2, 0) is 0 Å². The van der Waals surface area contributed by atoms with Gasteiger partial charge in [0.15, 0.2) is 0 Å². The van der Waals surface area contributed by atoms with Gasteiger partial charge in [-0.2, -0.15) is 0 Å². The van der Waals surface area contributed by atoms with E-state index in [0.717, 1.165) is 11.1 Å². The summed E-state index contributed by atoms with van der Waals surface area (Å²) in [7, 11) is 1.56. The van der Waals surface area contributed by atoms with E-state index in [4.69, 9.17) is 22.1 Å². The molecule has 2 aromatic rings. The first-order chi connectivity index (χ1) is 7.72. The minimum absolute atomic E-state index is 0.399. The lowest BCUT2D eigenvalue weighted by atomic mass is 10.1. The Morgan fingerprint density at radius 3 is 2.88 bits per heavy atom. The average molecular weight is 236 g/mol. The summed E-state index contributed by atoms with van der Waals surface area (Å²) in [6, 6.07) is 5.40. The van der Waals surface area contributed by atoms with Gasteiger partial charge in [0.1, 0.15) is 5.82 Å². The average Bonchev–Trinajstić information content (AvgIpc) is 2.32. The summed E-state index contributed by atoms with van der Waals surface area (Å²) in [6.07, 6.45) is 3.15. The van der Waals surface area contributed by atoms with Gasteiger partial charge in [-0.25, -0.2) is 9.97 Å². The van der Waals surface area contributed by atoms with E-state index in [1.165, 1.54) is 6.20 Å². The highest BCUT2D eigenvalue weighted by Gasteiger charge is 2.10. The van der Waals surface area contributed by atoms with Crippen LogP contribution in [0.4, 0.5) is 5.82 Å². The van der Waals surface area contributed by atoms with Crippen LogP contribution in [-0.4, -0.2) is 17.1 Å². The summed E-state index contributed by atoms with van der Waals surface area (Å²) in [5.74, 6) is 0.897. The summed E-state index contributed by atoms with van der Waals surface area (Å²) in [5.41, 5.74) is 7.29. The number of hydrogen-bond donors (Lipinski definition) is 1. The fourth-order valence-electron chi connectivity index (χ4n) is 1.42. The van der Waals surface area contributed by atoms with Crippen molar-refractivity contribution >= 4 is 17.4 Å². The highest BCUT2D eigenvalue weighted by molar-refractivity contribution is 6.30. The second-order valence-electron chi connectivity index (χ2n) is 3.15. The van der Waals surface area contributed by atoms with Crippen molar-refractivity contribution in [3.8, 4) is 17.0 Å². The first-order valence-electron chi connectivity index (χ1n) is 4.63. The molecule has 82 valence electrons. The summed E-state index contributed by atoms with van der Waals surface area (Å²) in [4.78, 5) is 8.09. The quantitative estimate of drug-likeness (QED) is 0.868. The molecule has 5 heteroatoms. The number of pyridine rings is 2. The number of aromatic nitrogens is 2. The maximum absolute atomic E-state index is 5.88. The number of nitrogens with zero attached hydrogens (tertiary/aromatic N) is 2. The zero-order valence-electron chi connectivity index (χ0n) is 8.64. The molecule has 16 heavy (non-hydrogen) atoms. The molecule has 0 bridgehead atoms. The maximum Gasteiger partial charge on any atom is 0.221 e. The number of nitrogens with two attached hydrogens (primary N) is 1. The lowest BCUT2D eigenvalue weighted by molar-refractivity contribution is 0.399. The monoisotopic (exact) mass is 235 g/mol. The third kappa shape index (κ3) is 1.92. The Morgan fingerprint density at radius 1 is 1.31 bits per heavy atom. The Hall–Kier alpha value is -1.81. The van der Waals surface area contributed by atoms with Crippen molar-refractivity contribution < 1.29 is 4.74 Å². The predicted octanol–water partition coefficient (Wildman–Crippen LogP) is 2.39. The minimum Gasteiger partial charge on any atom is -0.481 e. The van der Waals surface area contributed by atoms with Gasteiger partial charge in [0.2, 0.25) is 5.88 Å². The van der Waals surface area contributed by atoms with E-state index in [9.17, 15) is 0 Å². The fourth-order valence-corrected chi connectivity index (χ4v) is 1.58. The maximum atomic E-state index is 5.88. The molecule has 4 nitrogen and oxygen atoms in total. The summed E-state index contributed by atoms with van der Waals surface area (Å²) in [6.45, 7) is 0. The first kappa shape index (κ1) is 10.7. The Morgan fingerprint density at radius 2 is 2.12 bits per heavy atom. The lowest BCUT2D eigenvalue weighted by Crippen LogP contribution is -1.96. The second kappa shape index (κ2) is 4.37. The van der Waals surface area contributed by atoms with Crippen LogP contribution < -0.4 is 10.5 Å². The molecule has 0 spiro atoms. The molecule has 2 N–H and O–H groups in total. The lowest BCUT2D eigenvalue weighted by Gasteiger charge is -2.08. The van der Waals surface area contributed by atoms with E-state index < -0.39 is 0 Å². The van der Waals surface area contributed by atoms with Crippen LogP contribution in [0.15, 0.2) is 30.6 Å². The number of hydrogen-bond acceptors (Lipinski definition) is 4. The topological polar surface area (TPSA) is 61.0 Å². The molecule has 0 amide bonds. The number of halogens is 1. The molecule has 0 aliphatic rings. The number of anilines is 1. The predicted molar refractivity (Wildman–Crippen MR) is 63.4 cm³/mol. The van der Waals surface area contributed by atoms with Gasteiger partial charge in [0.05, 0.1) is 12.1 Å². The summed E-state index contributed by atoms with van der Waals surface area (Å²) < 4.78 is 5.16. The third-order valence-corrected chi connectivity index (χ3v) is 2.35. The molecule has 0 aliphatic heterocycles. The highest BCUT2D eigenvalue weighted by atomic mass is 35.5. The normalized spacial score (nSPS) is 10.1. The molecule has 2 aromatic heterocycles. The van der Waals surface area contributed by atoms with E-state index >= 15 is 0 Å². The number of methoxy groups -OCH3 is 1. The van der Waals surface area contributed by atoms with Crippen molar-refractivity contribution in [2.75, 3.05) is 12.8 Å². The molecule has 0 radical (unpaired) electrons. The van der Waals surface area contributed by atoms with Crippen LogP contribution >= 0.6 is 11.6 Å². The van der Waals surface area contributed by atoms with Crippen LogP contribution in [0.5, 0.6) is 5.88 Å². The smallest absolute Gasteiger partial charge is 0.221 e. The number of rotatable bonds is 2. The summed E-state index contributed by atoms with van der Waals surface area (Å²) in [5, 5.41) is 0.523. The molecular weight excluding hydrogens is 226 g/mol. The zero-order chi connectivity index (χ0) is 11.5. The van der Waals surface area contributed by atoms with E-state index in [-0.39, 0.29) is 0 Å². The van der Waals surface area contributed by atoms with Gasteiger partial charge in [-0.1, -0.05) is 11.6 Å². The zero-order valence-corrected chi connectivity index (χ0v) is 9.40. The van der Waals surface area contributed by atoms with Gasteiger partial charge < -0.3 is 10.5 Å². The Labute approximate surface area is 98.0 Å². The molecule has 0 saturated heterocycles. The molecule has 0 aliphatic carbocycles. The van der Waals surface area contributed by atoms with Crippen molar-refractivity contribution in [2.45, 2.75) is 0 Å². The van der Waals surface area contributed by atoms with Crippen molar-refractivity contribution in [2.24, 2.45) is 0 Å². The standard InChI is InChI=1S/C11H10ClN3O/c1-16-11-8(3-2-4-14-11)9-5-7(12)6-15-10(9)13/h2-6H,1H3,(H2,13,15). The Kier molecular flexibility index (Phi) is 2.92. The SMILES string of the molecule is COc1ncccc1-c1cc(Cl)cnc1N. The molecule has 2 rings (SSSR count). The van der Waals surface area contributed by atoms with Crippen molar-refractivity contribution in [1.29, 1.82) is 0 Å². The highest BCUT2D eigenvalue weighted by Crippen LogP contribution is 2.32. The van der Waals surface area contributed by atoms with E-state index in [1.807, 2.05) is 6.07 Å². The molecule has 2 heterocycles. The van der Waals surface area contributed by atoms with Gasteiger partial charge in [-0.15, -0.1) is 0 Å². The van der Waals surface area contributed by atoms with Crippen LogP contribution in [0.3, 0.4) is 0 Å². The molecule has 0 aromatic carbocycles. The summed E-state index contributed by atoms with van der Waals surface area (Å²) >= 11 is 5.88. The van der Waals surface area contributed by atoms with Gasteiger partial charge in [-0.05, 0) is 18.2 Å². The van der Waals surface area contributed by atoms with Gasteiger partial charge in [0, 0.05) is 23.5 Å². The molecule has 0 fully saturated rings. The Balaban J connectivity index is 2.62. The molecular formula is C11H10ClN3O. The van der Waals surface area contributed by atoms with Crippen molar-refractivity contribution in [3.63, 3.8) is 0 Å². The number of nitrogen functional groups attached to an aromatic ring is 1. The number of ether oxygens (including phenoxy) is 1. The van der Waals surface area contributed by atoms with Crippen molar-refractivity contribution in [1.82, 2.24) is 9.97 Å².